The van der Waals surface area contributed by atoms with Crippen molar-refractivity contribution in [3.05, 3.63) is 0 Å². The minimum absolute atomic E-state index is 0.168. The van der Waals surface area contributed by atoms with Crippen LogP contribution in [-0.2, 0) is 4.74 Å². The van der Waals surface area contributed by atoms with Crippen molar-refractivity contribution in [2.45, 2.75) is 45.5 Å². The van der Waals surface area contributed by atoms with Gasteiger partial charge in [0.1, 0.15) is 0 Å². The highest BCUT2D eigenvalue weighted by Gasteiger charge is 2.29. The molecule has 0 aromatic heterocycles. The molecule has 1 rings (SSSR count). The SMILES string of the molecule is CC1CC(O)C(C)C(C)O1. The molecule has 2 heteroatoms. The largest absolute Gasteiger partial charge is 0.393 e. The van der Waals surface area contributed by atoms with Crippen LogP contribution in [0.15, 0.2) is 0 Å². The van der Waals surface area contributed by atoms with Crippen LogP contribution in [0.5, 0.6) is 0 Å². The molecular formula is C8H16O2. The van der Waals surface area contributed by atoms with Gasteiger partial charge < -0.3 is 9.84 Å². The molecule has 1 heterocycles. The second-order valence-electron chi connectivity index (χ2n) is 3.31. The van der Waals surface area contributed by atoms with Crippen LogP contribution in [0.4, 0.5) is 0 Å². The van der Waals surface area contributed by atoms with Crippen molar-refractivity contribution in [1.82, 2.24) is 0 Å². The molecule has 1 N–H and O–H groups in total. The minimum atomic E-state index is -0.168. The molecule has 4 unspecified atom stereocenters. The first kappa shape index (κ1) is 8.02. The van der Waals surface area contributed by atoms with Crippen molar-refractivity contribution in [3.63, 3.8) is 0 Å². The van der Waals surface area contributed by atoms with E-state index in [9.17, 15) is 5.11 Å². The van der Waals surface area contributed by atoms with Gasteiger partial charge in [-0.3, -0.25) is 0 Å². The van der Waals surface area contributed by atoms with Crippen molar-refractivity contribution in [2.24, 2.45) is 5.92 Å². The van der Waals surface area contributed by atoms with E-state index in [1.807, 2.05) is 20.8 Å². The predicted molar refractivity (Wildman–Crippen MR) is 39.8 cm³/mol. The molecule has 60 valence electrons. The van der Waals surface area contributed by atoms with Gasteiger partial charge in [-0.25, -0.2) is 0 Å². The van der Waals surface area contributed by atoms with E-state index in [0.717, 1.165) is 6.42 Å². The molecule has 0 amide bonds. The van der Waals surface area contributed by atoms with Crippen LogP contribution < -0.4 is 0 Å². The van der Waals surface area contributed by atoms with Crippen LogP contribution in [-0.4, -0.2) is 23.4 Å². The molecule has 0 spiro atoms. The van der Waals surface area contributed by atoms with E-state index in [4.69, 9.17) is 4.74 Å². The van der Waals surface area contributed by atoms with Crippen LogP contribution in [0.2, 0.25) is 0 Å². The molecule has 2 nitrogen and oxygen atoms in total. The normalized spacial score (nSPS) is 49.2. The van der Waals surface area contributed by atoms with Gasteiger partial charge in [0.2, 0.25) is 0 Å². The monoisotopic (exact) mass is 144 g/mol. The van der Waals surface area contributed by atoms with Gasteiger partial charge in [0.05, 0.1) is 18.3 Å². The number of rotatable bonds is 0. The van der Waals surface area contributed by atoms with Gasteiger partial charge in [-0.2, -0.15) is 0 Å². The zero-order valence-electron chi connectivity index (χ0n) is 6.87. The summed E-state index contributed by atoms with van der Waals surface area (Å²) in [6.07, 6.45) is 1.05. The Labute approximate surface area is 62.2 Å². The Morgan fingerprint density at radius 3 is 2.40 bits per heavy atom. The molecule has 1 saturated heterocycles. The van der Waals surface area contributed by atoms with Gasteiger partial charge in [-0.05, 0) is 20.3 Å². The molecule has 1 aliphatic heterocycles. The first-order valence-electron chi connectivity index (χ1n) is 3.94. The molecule has 1 fully saturated rings. The van der Waals surface area contributed by atoms with Crippen LogP contribution in [0.25, 0.3) is 0 Å². The van der Waals surface area contributed by atoms with Crippen LogP contribution in [0.1, 0.15) is 27.2 Å². The Morgan fingerprint density at radius 2 is 1.90 bits per heavy atom. The van der Waals surface area contributed by atoms with Crippen molar-refractivity contribution in [3.8, 4) is 0 Å². The molecule has 0 radical (unpaired) electrons. The lowest BCUT2D eigenvalue weighted by Crippen LogP contribution is -2.40. The summed E-state index contributed by atoms with van der Waals surface area (Å²) >= 11 is 0. The second kappa shape index (κ2) is 2.89. The lowest BCUT2D eigenvalue weighted by molar-refractivity contribution is -0.115. The number of aliphatic hydroxyl groups excluding tert-OH is 1. The van der Waals surface area contributed by atoms with Crippen molar-refractivity contribution in [1.29, 1.82) is 0 Å². The number of ether oxygens (including phenoxy) is 1. The summed E-state index contributed by atoms with van der Waals surface area (Å²) in [6.45, 7) is 6.05. The number of hydrogen-bond donors (Lipinski definition) is 1. The maximum atomic E-state index is 9.44. The Hall–Kier alpha value is -0.0800. The third-order valence-corrected chi connectivity index (χ3v) is 2.37. The molecular weight excluding hydrogens is 128 g/mol. The zero-order chi connectivity index (χ0) is 7.72. The minimum Gasteiger partial charge on any atom is -0.393 e. The molecule has 0 saturated carbocycles. The summed E-state index contributed by atoms with van der Waals surface area (Å²) in [6, 6.07) is 0. The van der Waals surface area contributed by atoms with Gasteiger partial charge in [0.15, 0.2) is 0 Å². The fourth-order valence-electron chi connectivity index (χ4n) is 1.41. The van der Waals surface area contributed by atoms with Crippen molar-refractivity contribution < 1.29 is 9.84 Å². The Balaban J connectivity index is 2.49. The molecule has 10 heavy (non-hydrogen) atoms. The quantitative estimate of drug-likeness (QED) is 0.553. The van der Waals surface area contributed by atoms with Gasteiger partial charge in [-0.15, -0.1) is 0 Å². The molecule has 4 atom stereocenters. The third-order valence-electron chi connectivity index (χ3n) is 2.37. The van der Waals surface area contributed by atoms with Gasteiger partial charge in [-0.1, -0.05) is 6.92 Å². The average Bonchev–Trinajstić information content (AvgIpc) is 1.82. The summed E-state index contributed by atoms with van der Waals surface area (Å²) < 4.78 is 5.51. The Morgan fingerprint density at radius 1 is 1.30 bits per heavy atom. The summed E-state index contributed by atoms with van der Waals surface area (Å²) in [4.78, 5) is 0. The van der Waals surface area contributed by atoms with Gasteiger partial charge in [0.25, 0.3) is 0 Å². The molecule has 0 aliphatic carbocycles. The van der Waals surface area contributed by atoms with E-state index in [1.165, 1.54) is 0 Å². The zero-order valence-corrected chi connectivity index (χ0v) is 6.87. The maximum Gasteiger partial charge on any atom is 0.0615 e. The van der Waals surface area contributed by atoms with Crippen molar-refractivity contribution >= 4 is 0 Å². The highest BCUT2D eigenvalue weighted by molar-refractivity contribution is 4.78. The maximum absolute atomic E-state index is 9.44. The first-order chi connectivity index (χ1) is 4.61. The Bertz CT molecular complexity index is 102. The van der Waals surface area contributed by atoms with Gasteiger partial charge in [0, 0.05) is 5.92 Å². The number of aliphatic hydroxyl groups is 1. The first-order valence-corrected chi connectivity index (χ1v) is 3.94. The second-order valence-corrected chi connectivity index (χ2v) is 3.31. The fourth-order valence-corrected chi connectivity index (χ4v) is 1.41. The topological polar surface area (TPSA) is 29.5 Å². The predicted octanol–water partition coefficient (Wildman–Crippen LogP) is 1.18. The molecule has 1 aliphatic rings. The van der Waals surface area contributed by atoms with Gasteiger partial charge >= 0.3 is 0 Å². The lowest BCUT2D eigenvalue weighted by atomic mass is 9.92. The van der Waals surface area contributed by atoms with Crippen LogP contribution >= 0.6 is 0 Å². The van der Waals surface area contributed by atoms with Crippen molar-refractivity contribution in [2.75, 3.05) is 0 Å². The van der Waals surface area contributed by atoms with Crippen LogP contribution in [0.3, 0.4) is 0 Å². The highest BCUT2D eigenvalue weighted by atomic mass is 16.5. The summed E-state index contributed by atoms with van der Waals surface area (Å²) in [5.41, 5.74) is 0. The summed E-state index contributed by atoms with van der Waals surface area (Å²) in [5.74, 6) is 0.288. The van der Waals surface area contributed by atoms with E-state index in [2.05, 4.69) is 0 Å². The van der Waals surface area contributed by atoms with E-state index >= 15 is 0 Å². The highest BCUT2D eigenvalue weighted by Crippen LogP contribution is 2.24. The van der Waals surface area contributed by atoms with E-state index in [-0.39, 0.29) is 24.2 Å². The number of hydrogen-bond acceptors (Lipinski definition) is 2. The summed E-state index contributed by atoms with van der Waals surface area (Å²) in [7, 11) is 0. The molecule has 0 bridgehead atoms. The fraction of sp³-hybridized carbons (Fsp3) is 1.00. The van der Waals surface area contributed by atoms with E-state index in [0.29, 0.717) is 0 Å². The standard InChI is InChI=1S/C8H16O2/c1-5-4-8(9)6(2)7(3)10-5/h5-9H,4H2,1-3H3. The van der Waals surface area contributed by atoms with E-state index in [1.54, 1.807) is 0 Å². The Kier molecular flexibility index (Phi) is 2.32. The lowest BCUT2D eigenvalue weighted by Gasteiger charge is -2.34. The third kappa shape index (κ3) is 1.50. The summed E-state index contributed by atoms with van der Waals surface area (Å²) in [5, 5.41) is 9.44. The van der Waals surface area contributed by atoms with E-state index < -0.39 is 0 Å². The average molecular weight is 144 g/mol. The van der Waals surface area contributed by atoms with Crippen LogP contribution in [0, 0.1) is 5.92 Å². The smallest absolute Gasteiger partial charge is 0.0615 e. The molecule has 0 aromatic rings. The molecule has 0 aromatic carbocycles.